The Morgan fingerprint density at radius 1 is 1.22 bits per heavy atom. The lowest BCUT2D eigenvalue weighted by Gasteiger charge is -2.31. The SMILES string of the molecule is CCNC(Cc1ccc(C)cc1)C1CCOCC1. The molecule has 0 saturated carbocycles. The van der Waals surface area contributed by atoms with Crippen LogP contribution >= 0.6 is 0 Å². The van der Waals surface area contributed by atoms with Gasteiger partial charge in [-0.05, 0) is 44.2 Å². The Bertz CT molecular complexity index is 341. The van der Waals surface area contributed by atoms with Gasteiger partial charge in [0.2, 0.25) is 0 Å². The van der Waals surface area contributed by atoms with Crippen molar-refractivity contribution in [2.75, 3.05) is 19.8 Å². The van der Waals surface area contributed by atoms with Crippen molar-refractivity contribution in [3.63, 3.8) is 0 Å². The van der Waals surface area contributed by atoms with Crippen molar-refractivity contribution < 1.29 is 4.74 Å². The zero-order chi connectivity index (χ0) is 12.8. The van der Waals surface area contributed by atoms with Crippen LogP contribution in [0.25, 0.3) is 0 Å². The van der Waals surface area contributed by atoms with E-state index in [1.165, 1.54) is 24.0 Å². The van der Waals surface area contributed by atoms with Gasteiger partial charge in [0.1, 0.15) is 0 Å². The average molecular weight is 247 g/mol. The molecule has 1 N–H and O–H groups in total. The summed E-state index contributed by atoms with van der Waals surface area (Å²) < 4.78 is 5.47. The Morgan fingerprint density at radius 3 is 2.50 bits per heavy atom. The molecule has 1 aromatic rings. The fraction of sp³-hybridized carbons (Fsp3) is 0.625. The minimum Gasteiger partial charge on any atom is -0.381 e. The molecular weight excluding hydrogens is 222 g/mol. The Kier molecular flexibility index (Phi) is 5.21. The van der Waals surface area contributed by atoms with Crippen molar-refractivity contribution in [3.05, 3.63) is 35.4 Å². The lowest BCUT2D eigenvalue weighted by atomic mass is 9.87. The molecule has 0 aromatic heterocycles. The fourth-order valence-electron chi connectivity index (χ4n) is 2.76. The number of benzene rings is 1. The molecule has 1 saturated heterocycles. The average Bonchev–Trinajstić information content (AvgIpc) is 2.42. The molecule has 0 amide bonds. The van der Waals surface area contributed by atoms with Crippen LogP contribution in [0.15, 0.2) is 24.3 Å². The molecule has 100 valence electrons. The Morgan fingerprint density at radius 2 is 1.89 bits per heavy atom. The molecule has 1 atom stereocenters. The predicted octanol–water partition coefficient (Wildman–Crippen LogP) is 2.94. The van der Waals surface area contributed by atoms with Gasteiger partial charge in [-0.1, -0.05) is 36.8 Å². The van der Waals surface area contributed by atoms with Crippen LogP contribution in [0.3, 0.4) is 0 Å². The molecule has 2 nitrogen and oxygen atoms in total. The van der Waals surface area contributed by atoms with Gasteiger partial charge in [0.15, 0.2) is 0 Å². The number of nitrogens with one attached hydrogen (secondary N) is 1. The molecule has 0 radical (unpaired) electrons. The van der Waals surface area contributed by atoms with Crippen LogP contribution in [0.5, 0.6) is 0 Å². The van der Waals surface area contributed by atoms with Gasteiger partial charge in [-0.15, -0.1) is 0 Å². The van der Waals surface area contributed by atoms with Gasteiger partial charge in [0, 0.05) is 19.3 Å². The highest BCUT2D eigenvalue weighted by atomic mass is 16.5. The highest BCUT2D eigenvalue weighted by Gasteiger charge is 2.23. The van der Waals surface area contributed by atoms with Crippen molar-refractivity contribution in [2.24, 2.45) is 5.92 Å². The monoisotopic (exact) mass is 247 g/mol. The molecule has 1 aliphatic rings. The number of aryl methyl sites for hydroxylation is 1. The number of likely N-dealkylation sites (N-methyl/N-ethyl adjacent to an activating group) is 1. The summed E-state index contributed by atoms with van der Waals surface area (Å²) in [6, 6.07) is 9.55. The fourth-order valence-corrected chi connectivity index (χ4v) is 2.76. The molecule has 0 spiro atoms. The molecule has 1 heterocycles. The lowest BCUT2D eigenvalue weighted by Crippen LogP contribution is -2.40. The van der Waals surface area contributed by atoms with E-state index in [-0.39, 0.29) is 0 Å². The van der Waals surface area contributed by atoms with Crippen LogP contribution < -0.4 is 5.32 Å². The highest BCUT2D eigenvalue weighted by molar-refractivity contribution is 5.22. The first kappa shape index (κ1) is 13.6. The Labute approximate surface area is 111 Å². The van der Waals surface area contributed by atoms with Crippen LogP contribution in [0.4, 0.5) is 0 Å². The molecule has 1 aromatic carbocycles. The van der Waals surface area contributed by atoms with Gasteiger partial charge in [-0.3, -0.25) is 0 Å². The second-order valence-electron chi connectivity index (χ2n) is 5.30. The molecule has 18 heavy (non-hydrogen) atoms. The van der Waals surface area contributed by atoms with Gasteiger partial charge in [-0.25, -0.2) is 0 Å². The number of ether oxygens (including phenoxy) is 1. The van der Waals surface area contributed by atoms with E-state index in [2.05, 4.69) is 43.4 Å². The van der Waals surface area contributed by atoms with E-state index >= 15 is 0 Å². The van der Waals surface area contributed by atoms with Crippen LogP contribution in [0, 0.1) is 12.8 Å². The molecule has 1 fully saturated rings. The summed E-state index contributed by atoms with van der Waals surface area (Å²) in [5.41, 5.74) is 2.78. The van der Waals surface area contributed by atoms with Gasteiger partial charge in [0.25, 0.3) is 0 Å². The minimum absolute atomic E-state index is 0.599. The van der Waals surface area contributed by atoms with Gasteiger partial charge < -0.3 is 10.1 Å². The second kappa shape index (κ2) is 6.91. The third-order valence-electron chi connectivity index (χ3n) is 3.88. The second-order valence-corrected chi connectivity index (χ2v) is 5.30. The molecule has 1 aliphatic heterocycles. The van der Waals surface area contributed by atoms with E-state index in [0.29, 0.717) is 6.04 Å². The van der Waals surface area contributed by atoms with Gasteiger partial charge in [0.05, 0.1) is 0 Å². The van der Waals surface area contributed by atoms with E-state index in [4.69, 9.17) is 4.74 Å². The van der Waals surface area contributed by atoms with Crippen molar-refractivity contribution in [1.29, 1.82) is 0 Å². The predicted molar refractivity (Wildman–Crippen MR) is 75.9 cm³/mol. The quantitative estimate of drug-likeness (QED) is 0.864. The third kappa shape index (κ3) is 3.82. The highest BCUT2D eigenvalue weighted by Crippen LogP contribution is 2.21. The smallest absolute Gasteiger partial charge is 0.0469 e. The lowest BCUT2D eigenvalue weighted by molar-refractivity contribution is 0.0540. The topological polar surface area (TPSA) is 21.3 Å². The van der Waals surface area contributed by atoms with Gasteiger partial charge in [-0.2, -0.15) is 0 Å². The van der Waals surface area contributed by atoms with E-state index in [1.807, 2.05) is 0 Å². The maximum Gasteiger partial charge on any atom is 0.0469 e. The first-order valence-electron chi connectivity index (χ1n) is 7.16. The number of rotatable bonds is 5. The van der Waals surface area contributed by atoms with Crippen LogP contribution in [-0.4, -0.2) is 25.8 Å². The zero-order valence-electron chi connectivity index (χ0n) is 11.6. The van der Waals surface area contributed by atoms with Gasteiger partial charge >= 0.3 is 0 Å². The molecular formula is C16H25NO. The van der Waals surface area contributed by atoms with Crippen LogP contribution in [0.1, 0.15) is 30.9 Å². The van der Waals surface area contributed by atoms with Crippen molar-refractivity contribution >= 4 is 0 Å². The number of hydrogen-bond donors (Lipinski definition) is 1. The Balaban J connectivity index is 1.98. The van der Waals surface area contributed by atoms with E-state index in [0.717, 1.165) is 32.1 Å². The van der Waals surface area contributed by atoms with Crippen LogP contribution in [-0.2, 0) is 11.2 Å². The largest absolute Gasteiger partial charge is 0.381 e. The third-order valence-corrected chi connectivity index (χ3v) is 3.88. The standard InChI is InChI=1S/C16H25NO/c1-3-17-16(15-8-10-18-11-9-15)12-14-6-4-13(2)5-7-14/h4-7,15-17H,3,8-12H2,1-2H3. The summed E-state index contributed by atoms with van der Waals surface area (Å²) in [6.45, 7) is 7.25. The van der Waals surface area contributed by atoms with E-state index in [1.54, 1.807) is 0 Å². The summed E-state index contributed by atoms with van der Waals surface area (Å²) in [6.07, 6.45) is 3.53. The Hall–Kier alpha value is -0.860. The maximum atomic E-state index is 5.47. The summed E-state index contributed by atoms with van der Waals surface area (Å²) in [7, 11) is 0. The summed E-state index contributed by atoms with van der Waals surface area (Å²) in [5.74, 6) is 0.764. The molecule has 0 bridgehead atoms. The summed E-state index contributed by atoms with van der Waals surface area (Å²) >= 11 is 0. The first-order chi connectivity index (χ1) is 8.79. The molecule has 1 unspecified atom stereocenters. The molecule has 0 aliphatic carbocycles. The number of hydrogen-bond acceptors (Lipinski definition) is 2. The zero-order valence-corrected chi connectivity index (χ0v) is 11.6. The van der Waals surface area contributed by atoms with Crippen molar-refractivity contribution in [3.8, 4) is 0 Å². The summed E-state index contributed by atoms with van der Waals surface area (Å²) in [4.78, 5) is 0. The molecule has 2 rings (SSSR count). The normalized spacial score (nSPS) is 18.8. The maximum absolute atomic E-state index is 5.47. The van der Waals surface area contributed by atoms with E-state index < -0.39 is 0 Å². The van der Waals surface area contributed by atoms with Crippen LogP contribution in [0.2, 0.25) is 0 Å². The summed E-state index contributed by atoms with van der Waals surface area (Å²) in [5, 5.41) is 3.66. The van der Waals surface area contributed by atoms with E-state index in [9.17, 15) is 0 Å². The van der Waals surface area contributed by atoms with Crippen molar-refractivity contribution in [2.45, 2.75) is 39.2 Å². The first-order valence-corrected chi connectivity index (χ1v) is 7.16. The van der Waals surface area contributed by atoms with Crippen molar-refractivity contribution in [1.82, 2.24) is 5.32 Å². The minimum atomic E-state index is 0.599. The molecule has 2 heteroatoms.